The van der Waals surface area contributed by atoms with Gasteiger partial charge in [-0.3, -0.25) is 9.59 Å². The third-order valence-corrected chi connectivity index (χ3v) is 7.46. The Balaban J connectivity index is 1.50. The van der Waals surface area contributed by atoms with Gasteiger partial charge < -0.3 is 23.9 Å². The second kappa shape index (κ2) is 9.64. The third-order valence-electron chi connectivity index (χ3n) is 7.46. The maximum absolute atomic E-state index is 13.9. The number of furan rings is 1. The van der Waals surface area contributed by atoms with Gasteiger partial charge in [-0.25, -0.2) is 0 Å². The van der Waals surface area contributed by atoms with Crippen LogP contribution in [-0.4, -0.2) is 40.0 Å². The highest BCUT2D eigenvalue weighted by Gasteiger charge is 2.48. The van der Waals surface area contributed by atoms with Crippen LogP contribution >= 0.6 is 0 Å². The van der Waals surface area contributed by atoms with E-state index in [0.29, 0.717) is 24.5 Å². The number of hydrogen-bond donors (Lipinski definition) is 1. The van der Waals surface area contributed by atoms with E-state index in [1.54, 1.807) is 18.3 Å². The lowest BCUT2D eigenvalue weighted by Gasteiger charge is -2.45. The zero-order chi connectivity index (χ0) is 24.4. The standard InChI is InChI=1S/C28H33N3O4/c1-28(27(33)29-21-8-5-3-4-6-9-21)19-30-23(25-10-7-17-35-25)15-16-24(30)26(32)31(28)18-20-11-13-22(34-2)14-12-20/h7,10-17,21H,3-6,8-9,18-19H2,1-2H3,(H,29,33). The highest BCUT2D eigenvalue weighted by molar-refractivity contribution is 6.00. The quantitative estimate of drug-likeness (QED) is 0.509. The Bertz CT molecular complexity index is 1170. The lowest BCUT2D eigenvalue weighted by atomic mass is 9.92. The predicted molar refractivity (Wildman–Crippen MR) is 133 cm³/mol. The molecule has 7 nitrogen and oxygen atoms in total. The van der Waals surface area contributed by atoms with Crippen molar-refractivity contribution >= 4 is 11.8 Å². The molecule has 0 saturated heterocycles. The summed E-state index contributed by atoms with van der Waals surface area (Å²) < 4.78 is 12.8. The first-order valence-corrected chi connectivity index (χ1v) is 12.5. The zero-order valence-electron chi connectivity index (χ0n) is 20.5. The van der Waals surface area contributed by atoms with Gasteiger partial charge >= 0.3 is 0 Å². The van der Waals surface area contributed by atoms with E-state index in [9.17, 15) is 9.59 Å². The largest absolute Gasteiger partial charge is 0.497 e. The van der Waals surface area contributed by atoms with Crippen LogP contribution in [0.1, 0.15) is 61.5 Å². The molecule has 1 saturated carbocycles. The lowest BCUT2D eigenvalue weighted by molar-refractivity contribution is -0.134. The summed E-state index contributed by atoms with van der Waals surface area (Å²) in [7, 11) is 1.63. The zero-order valence-corrected chi connectivity index (χ0v) is 20.5. The first-order valence-electron chi connectivity index (χ1n) is 12.5. The monoisotopic (exact) mass is 475 g/mol. The molecule has 1 fully saturated rings. The van der Waals surface area contributed by atoms with E-state index in [2.05, 4.69) is 5.32 Å². The van der Waals surface area contributed by atoms with Gasteiger partial charge in [0.05, 0.1) is 25.6 Å². The van der Waals surface area contributed by atoms with Gasteiger partial charge in [-0.15, -0.1) is 0 Å². The minimum absolute atomic E-state index is 0.101. The normalized spacial score (nSPS) is 20.9. The smallest absolute Gasteiger partial charge is 0.271 e. The fourth-order valence-corrected chi connectivity index (χ4v) is 5.34. The summed E-state index contributed by atoms with van der Waals surface area (Å²) in [5, 5.41) is 3.31. The van der Waals surface area contributed by atoms with Crippen molar-refractivity contribution < 1.29 is 18.7 Å². The number of fused-ring (bicyclic) bond motifs is 1. The van der Waals surface area contributed by atoms with Gasteiger partial charge in [0.2, 0.25) is 5.91 Å². The van der Waals surface area contributed by atoms with Crippen molar-refractivity contribution in [2.24, 2.45) is 0 Å². The number of carbonyl (C=O) groups is 2. The fourth-order valence-electron chi connectivity index (χ4n) is 5.34. The molecule has 1 N–H and O–H groups in total. The number of nitrogens with zero attached hydrogens (tertiary/aromatic N) is 2. The van der Waals surface area contributed by atoms with E-state index in [4.69, 9.17) is 9.15 Å². The van der Waals surface area contributed by atoms with E-state index in [1.807, 2.05) is 60.0 Å². The number of nitrogens with one attached hydrogen (secondary N) is 1. The van der Waals surface area contributed by atoms with Gasteiger partial charge in [0.15, 0.2) is 0 Å². The lowest BCUT2D eigenvalue weighted by Crippen LogP contribution is -2.64. The number of amides is 2. The van der Waals surface area contributed by atoms with Crippen molar-refractivity contribution in [3.63, 3.8) is 0 Å². The average molecular weight is 476 g/mol. The van der Waals surface area contributed by atoms with Crippen LogP contribution in [-0.2, 0) is 17.9 Å². The number of rotatable bonds is 6. The number of ether oxygens (including phenoxy) is 1. The van der Waals surface area contributed by atoms with Crippen LogP contribution in [0.4, 0.5) is 0 Å². The number of hydrogen-bond acceptors (Lipinski definition) is 4. The van der Waals surface area contributed by atoms with Crippen molar-refractivity contribution in [2.45, 2.75) is 70.1 Å². The van der Waals surface area contributed by atoms with Crippen LogP contribution in [0.25, 0.3) is 11.5 Å². The molecule has 2 aromatic heterocycles. The Labute approximate surface area is 206 Å². The van der Waals surface area contributed by atoms with Gasteiger partial charge in [-0.2, -0.15) is 0 Å². The fraction of sp³-hybridized carbons (Fsp3) is 0.429. The molecule has 3 heterocycles. The molecule has 0 bridgehead atoms. The third kappa shape index (κ3) is 4.47. The minimum atomic E-state index is -1.06. The summed E-state index contributed by atoms with van der Waals surface area (Å²) in [4.78, 5) is 29.5. The molecule has 5 rings (SSSR count). The first-order chi connectivity index (χ1) is 17.0. The van der Waals surface area contributed by atoms with Gasteiger partial charge in [0.25, 0.3) is 5.91 Å². The van der Waals surface area contributed by atoms with Crippen LogP contribution < -0.4 is 10.1 Å². The van der Waals surface area contributed by atoms with E-state index in [-0.39, 0.29) is 17.9 Å². The summed E-state index contributed by atoms with van der Waals surface area (Å²) in [6.07, 6.45) is 8.27. The molecule has 1 aliphatic heterocycles. The van der Waals surface area contributed by atoms with Crippen molar-refractivity contribution in [3.8, 4) is 17.2 Å². The first kappa shape index (κ1) is 23.3. The molecule has 1 aromatic carbocycles. The van der Waals surface area contributed by atoms with Crippen molar-refractivity contribution in [1.29, 1.82) is 0 Å². The Morgan fingerprint density at radius 3 is 2.43 bits per heavy atom. The van der Waals surface area contributed by atoms with Gasteiger partial charge in [0.1, 0.15) is 22.7 Å². The maximum atomic E-state index is 13.9. The van der Waals surface area contributed by atoms with Gasteiger partial charge in [0, 0.05) is 12.6 Å². The molecular weight excluding hydrogens is 442 g/mol. The summed E-state index contributed by atoms with van der Waals surface area (Å²) >= 11 is 0. The van der Waals surface area contributed by atoms with Crippen LogP contribution in [0, 0.1) is 0 Å². The number of benzene rings is 1. The number of aromatic nitrogens is 1. The molecule has 1 aliphatic carbocycles. The molecule has 1 atom stereocenters. The molecule has 2 aliphatic rings. The van der Waals surface area contributed by atoms with Crippen LogP contribution in [0.15, 0.2) is 59.2 Å². The molecule has 7 heteroatoms. The topological polar surface area (TPSA) is 76.7 Å². The predicted octanol–water partition coefficient (Wildman–Crippen LogP) is 5.01. The van der Waals surface area contributed by atoms with Gasteiger partial charge in [-0.1, -0.05) is 37.8 Å². The van der Waals surface area contributed by atoms with E-state index < -0.39 is 5.54 Å². The molecule has 2 amide bonds. The van der Waals surface area contributed by atoms with E-state index >= 15 is 0 Å². The van der Waals surface area contributed by atoms with Crippen LogP contribution in [0.2, 0.25) is 0 Å². The number of carbonyl (C=O) groups excluding carboxylic acids is 2. The SMILES string of the molecule is COc1ccc(CN2C(=O)c3ccc(-c4ccco4)n3CC2(C)C(=O)NC2CCCCCC2)cc1. The highest BCUT2D eigenvalue weighted by Crippen LogP contribution is 2.35. The van der Waals surface area contributed by atoms with Crippen LogP contribution in [0.3, 0.4) is 0 Å². The Hall–Kier alpha value is -3.48. The van der Waals surface area contributed by atoms with Crippen molar-refractivity contribution in [3.05, 3.63) is 66.1 Å². The molecular formula is C28H33N3O4. The molecule has 3 aromatic rings. The Kier molecular flexibility index (Phi) is 6.41. The average Bonchev–Trinajstić information content (AvgIpc) is 3.47. The molecule has 0 radical (unpaired) electrons. The second-order valence-electron chi connectivity index (χ2n) is 9.84. The minimum Gasteiger partial charge on any atom is -0.497 e. The molecule has 184 valence electrons. The van der Waals surface area contributed by atoms with Crippen molar-refractivity contribution in [1.82, 2.24) is 14.8 Å². The van der Waals surface area contributed by atoms with E-state index in [0.717, 1.165) is 42.7 Å². The Morgan fingerprint density at radius 2 is 1.77 bits per heavy atom. The summed E-state index contributed by atoms with van der Waals surface area (Å²) in [5.74, 6) is 1.17. The van der Waals surface area contributed by atoms with Gasteiger partial charge in [-0.05, 0) is 61.7 Å². The maximum Gasteiger partial charge on any atom is 0.271 e. The summed E-state index contributed by atoms with van der Waals surface area (Å²) in [6, 6.07) is 15.2. The molecule has 0 spiro atoms. The highest BCUT2D eigenvalue weighted by atomic mass is 16.5. The molecule has 1 unspecified atom stereocenters. The van der Waals surface area contributed by atoms with E-state index in [1.165, 1.54) is 12.8 Å². The second-order valence-corrected chi connectivity index (χ2v) is 9.84. The molecule has 35 heavy (non-hydrogen) atoms. The summed E-state index contributed by atoms with van der Waals surface area (Å²) in [5.41, 5.74) is 1.25. The number of methoxy groups -OCH3 is 1. The van der Waals surface area contributed by atoms with Crippen molar-refractivity contribution in [2.75, 3.05) is 7.11 Å². The Morgan fingerprint density at radius 1 is 1.06 bits per heavy atom. The summed E-state index contributed by atoms with van der Waals surface area (Å²) in [6.45, 7) is 2.57. The van der Waals surface area contributed by atoms with Crippen LogP contribution in [0.5, 0.6) is 5.75 Å².